The quantitative estimate of drug-likeness (QED) is 0.423. The number of rotatable bonds is 10. The lowest BCUT2D eigenvalue weighted by Gasteiger charge is -2.26. The predicted octanol–water partition coefficient (Wildman–Crippen LogP) is 0.350. The first kappa shape index (κ1) is 18.0. The number of hydrogen-bond donors (Lipinski definition) is 0. The normalized spacial score (nSPS) is 11.7. The minimum Gasteiger partial charge on any atom is -0.468 e. The summed E-state index contributed by atoms with van der Waals surface area (Å²) in [5.74, 6) is -0.692. The number of nitrogens with zero attached hydrogens (tertiary/aromatic N) is 1. The number of carbonyl (C=O) groups excluding carboxylic acids is 2. The van der Waals surface area contributed by atoms with Gasteiger partial charge in [-0.2, -0.15) is 0 Å². The first-order valence-corrected chi connectivity index (χ1v) is 6.22. The Hall–Kier alpha value is -0.980. The largest absolute Gasteiger partial charge is 0.468 e. The van der Waals surface area contributed by atoms with Crippen molar-refractivity contribution in [1.82, 2.24) is 4.90 Å². The van der Waals surface area contributed by atoms with E-state index < -0.39 is 11.4 Å². The minimum absolute atomic E-state index is 0.174. The number of hydrogen-bond acceptors (Lipinski definition) is 6. The number of carbonyl (C=O) groups is 2. The number of Topliss-reactive ketones (excluding diaryl/α,β-unsaturated/α-hetero) is 1. The third kappa shape index (κ3) is 6.13. The smallest absolute Gasteiger partial charge is 0.318 e. The molecule has 19 heavy (non-hydrogen) atoms. The fourth-order valence-corrected chi connectivity index (χ4v) is 1.48. The van der Waals surface area contributed by atoms with Gasteiger partial charge in [-0.1, -0.05) is 0 Å². The van der Waals surface area contributed by atoms with E-state index in [1.54, 1.807) is 28.1 Å². The Morgan fingerprint density at radius 3 is 1.84 bits per heavy atom. The van der Waals surface area contributed by atoms with Crippen LogP contribution in [0.15, 0.2) is 0 Å². The Balaban J connectivity index is 4.54. The summed E-state index contributed by atoms with van der Waals surface area (Å²) in [5.41, 5.74) is -1.13. The van der Waals surface area contributed by atoms with Gasteiger partial charge in [0.2, 0.25) is 0 Å². The molecule has 0 bridgehead atoms. The summed E-state index contributed by atoms with van der Waals surface area (Å²) in [6.45, 7) is 5.60. The molecule has 0 unspecified atom stereocenters. The lowest BCUT2D eigenvalue weighted by Crippen LogP contribution is -2.43. The van der Waals surface area contributed by atoms with Crippen molar-refractivity contribution >= 4 is 11.8 Å². The van der Waals surface area contributed by atoms with E-state index in [-0.39, 0.29) is 12.3 Å². The van der Waals surface area contributed by atoms with Gasteiger partial charge in [0, 0.05) is 27.3 Å². The topological polar surface area (TPSA) is 65.1 Å². The van der Waals surface area contributed by atoms with Gasteiger partial charge in [-0.15, -0.1) is 0 Å². The van der Waals surface area contributed by atoms with Crippen LogP contribution in [0.3, 0.4) is 0 Å². The van der Waals surface area contributed by atoms with Gasteiger partial charge in [0.15, 0.2) is 5.78 Å². The van der Waals surface area contributed by atoms with E-state index >= 15 is 0 Å². The van der Waals surface area contributed by atoms with Crippen LogP contribution in [0.4, 0.5) is 0 Å². The molecule has 0 N–H and O–H groups in total. The van der Waals surface area contributed by atoms with E-state index in [2.05, 4.69) is 4.74 Å². The summed E-state index contributed by atoms with van der Waals surface area (Å²) >= 11 is 0. The second kappa shape index (κ2) is 9.01. The Bertz CT molecular complexity index is 283. The zero-order valence-corrected chi connectivity index (χ0v) is 12.5. The van der Waals surface area contributed by atoms with Crippen molar-refractivity contribution in [3.8, 4) is 0 Å². The van der Waals surface area contributed by atoms with Crippen molar-refractivity contribution in [2.45, 2.75) is 13.8 Å². The van der Waals surface area contributed by atoms with Crippen LogP contribution in [-0.4, -0.2) is 70.8 Å². The summed E-state index contributed by atoms with van der Waals surface area (Å²) in [7, 11) is 4.49. The molecule has 0 rings (SSSR count). The molecule has 0 amide bonds. The predicted molar refractivity (Wildman–Crippen MR) is 71.0 cm³/mol. The number of esters is 1. The van der Waals surface area contributed by atoms with E-state index in [0.29, 0.717) is 26.3 Å². The van der Waals surface area contributed by atoms with Crippen LogP contribution in [0.1, 0.15) is 13.8 Å². The Kier molecular flexibility index (Phi) is 8.54. The Morgan fingerprint density at radius 1 is 1.00 bits per heavy atom. The molecule has 6 heteroatoms. The highest BCUT2D eigenvalue weighted by Gasteiger charge is 2.37. The van der Waals surface area contributed by atoms with Crippen molar-refractivity contribution in [2.75, 3.05) is 54.2 Å². The molecule has 0 radical (unpaired) electrons. The molecule has 6 nitrogen and oxygen atoms in total. The number of methoxy groups -OCH3 is 3. The molecule has 0 aromatic heterocycles. The summed E-state index contributed by atoms with van der Waals surface area (Å²) in [4.78, 5) is 25.7. The van der Waals surface area contributed by atoms with Crippen LogP contribution < -0.4 is 0 Å². The van der Waals surface area contributed by atoms with Gasteiger partial charge in [0.05, 0.1) is 26.9 Å². The van der Waals surface area contributed by atoms with Crippen LogP contribution >= 0.6 is 0 Å². The molecule has 0 aromatic carbocycles. The lowest BCUT2D eigenvalue weighted by atomic mass is 9.88. The average Bonchev–Trinajstić information content (AvgIpc) is 2.40. The highest BCUT2D eigenvalue weighted by Crippen LogP contribution is 2.19. The van der Waals surface area contributed by atoms with E-state index in [9.17, 15) is 9.59 Å². The first-order valence-electron chi connectivity index (χ1n) is 6.22. The van der Waals surface area contributed by atoms with Gasteiger partial charge >= 0.3 is 5.97 Å². The van der Waals surface area contributed by atoms with Crippen LogP contribution in [0.5, 0.6) is 0 Å². The summed E-state index contributed by atoms with van der Waals surface area (Å²) < 4.78 is 14.7. The second-order valence-corrected chi connectivity index (χ2v) is 4.80. The second-order valence-electron chi connectivity index (χ2n) is 4.80. The van der Waals surface area contributed by atoms with Crippen molar-refractivity contribution in [3.63, 3.8) is 0 Å². The van der Waals surface area contributed by atoms with Crippen molar-refractivity contribution in [1.29, 1.82) is 0 Å². The molecule has 0 heterocycles. The third-order valence-corrected chi connectivity index (χ3v) is 2.98. The van der Waals surface area contributed by atoms with Gasteiger partial charge in [-0.3, -0.25) is 14.5 Å². The average molecular weight is 275 g/mol. The van der Waals surface area contributed by atoms with Crippen LogP contribution in [0.2, 0.25) is 0 Å². The Labute approximate surface area is 115 Å². The molecule has 0 atom stereocenters. The molecular formula is C13H25NO5. The highest BCUT2D eigenvalue weighted by atomic mass is 16.5. The first-order chi connectivity index (χ1) is 8.89. The highest BCUT2D eigenvalue weighted by molar-refractivity contribution is 6.03. The van der Waals surface area contributed by atoms with Crippen LogP contribution in [0, 0.1) is 5.41 Å². The van der Waals surface area contributed by atoms with Gasteiger partial charge in [0.25, 0.3) is 0 Å². The molecule has 0 aromatic rings. The van der Waals surface area contributed by atoms with Gasteiger partial charge in [-0.05, 0) is 13.8 Å². The molecular weight excluding hydrogens is 250 g/mol. The summed E-state index contributed by atoms with van der Waals surface area (Å²) in [6.07, 6.45) is 0. The summed E-state index contributed by atoms with van der Waals surface area (Å²) in [5, 5.41) is 0. The SMILES string of the molecule is COCCN(CCOC)CC(=O)C(C)(C)C(=O)OC. The summed E-state index contributed by atoms with van der Waals surface area (Å²) in [6, 6.07) is 0. The molecule has 0 saturated heterocycles. The van der Waals surface area contributed by atoms with Crippen molar-refractivity contribution in [2.24, 2.45) is 5.41 Å². The van der Waals surface area contributed by atoms with E-state index in [4.69, 9.17) is 9.47 Å². The fraction of sp³-hybridized carbons (Fsp3) is 0.846. The molecule has 0 saturated carbocycles. The zero-order chi connectivity index (χ0) is 14.9. The van der Waals surface area contributed by atoms with Crippen LogP contribution in [0.25, 0.3) is 0 Å². The lowest BCUT2D eigenvalue weighted by molar-refractivity contribution is -0.156. The van der Waals surface area contributed by atoms with Gasteiger partial charge in [0.1, 0.15) is 5.41 Å². The van der Waals surface area contributed by atoms with Gasteiger partial charge in [-0.25, -0.2) is 0 Å². The maximum Gasteiger partial charge on any atom is 0.318 e. The Morgan fingerprint density at radius 2 is 1.47 bits per heavy atom. The number of ketones is 1. The number of ether oxygens (including phenoxy) is 3. The molecule has 112 valence electrons. The standard InChI is InChI=1S/C13H25NO5/c1-13(2,12(16)19-5)11(15)10-14(6-8-17-3)7-9-18-4/h6-10H2,1-5H3. The molecule has 0 spiro atoms. The fourth-order valence-electron chi connectivity index (χ4n) is 1.48. The van der Waals surface area contributed by atoms with Gasteiger partial charge < -0.3 is 14.2 Å². The van der Waals surface area contributed by atoms with E-state index in [0.717, 1.165) is 0 Å². The van der Waals surface area contributed by atoms with Crippen molar-refractivity contribution < 1.29 is 23.8 Å². The minimum atomic E-state index is -1.13. The van der Waals surface area contributed by atoms with E-state index in [1.807, 2.05) is 4.90 Å². The third-order valence-electron chi connectivity index (χ3n) is 2.98. The molecule has 0 fully saturated rings. The maximum absolute atomic E-state index is 12.2. The maximum atomic E-state index is 12.2. The molecule has 0 aliphatic heterocycles. The molecule has 0 aliphatic rings. The molecule has 0 aliphatic carbocycles. The van der Waals surface area contributed by atoms with E-state index in [1.165, 1.54) is 7.11 Å². The van der Waals surface area contributed by atoms with Crippen LogP contribution in [-0.2, 0) is 23.8 Å². The van der Waals surface area contributed by atoms with Crippen molar-refractivity contribution in [3.05, 3.63) is 0 Å². The zero-order valence-electron chi connectivity index (χ0n) is 12.5. The monoisotopic (exact) mass is 275 g/mol.